The number of aliphatic hydroxyl groups excluding tert-OH is 1. The fourth-order valence-corrected chi connectivity index (χ4v) is 12.3. The monoisotopic (exact) mass is 1400 g/mol. The predicted molar refractivity (Wildman–Crippen MR) is 364 cm³/mol. The smallest absolute Gasteiger partial charge is 0.246 e. The third kappa shape index (κ3) is 34.7. The highest BCUT2D eigenvalue weighted by molar-refractivity contribution is 5.92. The summed E-state index contributed by atoms with van der Waals surface area (Å²) in [6, 6.07) is -2.98. The molecule has 0 unspecified atom stereocenters. The van der Waals surface area contributed by atoms with Crippen LogP contribution in [0.2, 0.25) is 0 Å². The number of aliphatic hydroxyl groups is 1. The lowest BCUT2D eigenvalue weighted by Crippen LogP contribution is -2.57. The maximum absolute atomic E-state index is 14.2. The quantitative estimate of drug-likeness (QED) is 0.0395. The van der Waals surface area contributed by atoms with Crippen molar-refractivity contribution in [1.82, 2.24) is 42.5 Å². The van der Waals surface area contributed by atoms with Gasteiger partial charge in [-0.1, -0.05) is 75.2 Å². The van der Waals surface area contributed by atoms with Gasteiger partial charge in [0.05, 0.1) is 116 Å². The van der Waals surface area contributed by atoms with E-state index in [1.807, 2.05) is 6.92 Å². The minimum absolute atomic E-state index is 0.00578. The van der Waals surface area contributed by atoms with Gasteiger partial charge in [0.2, 0.25) is 47.3 Å². The second-order valence-electron chi connectivity index (χ2n) is 26.1. The molecule has 29 nitrogen and oxygen atoms in total. The Morgan fingerprint density at radius 3 is 1.04 bits per heavy atom. The number of nitrogens with one attached hydrogen (secondary N) is 8. The first-order chi connectivity index (χ1) is 47.1. The molecule has 9 N–H and O–H groups in total. The van der Waals surface area contributed by atoms with Crippen LogP contribution in [0.3, 0.4) is 0 Å². The zero-order valence-corrected chi connectivity index (χ0v) is 61.1. The van der Waals surface area contributed by atoms with Crippen LogP contribution in [0.1, 0.15) is 167 Å². The predicted octanol–water partition coefficient (Wildman–Crippen LogP) is 3.08. The van der Waals surface area contributed by atoms with E-state index >= 15 is 0 Å². The zero-order valence-electron chi connectivity index (χ0n) is 61.1. The lowest BCUT2D eigenvalue weighted by molar-refractivity contribution is -0.239. The largest absolute Gasteiger partial charge is 0.396 e. The lowest BCUT2D eigenvalue weighted by atomic mass is 9.81. The van der Waals surface area contributed by atoms with Gasteiger partial charge in [0.15, 0.2) is 18.9 Å². The molecule has 3 fully saturated rings. The average molecular weight is 1400 g/mol. The first-order valence-corrected chi connectivity index (χ1v) is 36.2. The summed E-state index contributed by atoms with van der Waals surface area (Å²) >= 11 is 0. The first kappa shape index (κ1) is 87.5. The van der Waals surface area contributed by atoms with Crippen molar-refractivity contribution in [3.63, 3.8) is 0 Å². The van der Waals surface area contributed by atoms with Crippen molar-refractivity contribution in [2.45, 2.75) is 234 Å². The SMILES string of the molecule is CC[C@H]1O[C@@H](OCCOCCOCC(=O)NCCCC[C@H](NC(=O)COCCOCCO[C@@H]2O[C@H](CC)[C@H](C)[C@H](C)[C@H]2NC(C)=O)C(=O)N[C@@H](CCCCNC(=O)COCCOCCO[C@@H]2O[C@H](CC)[C@H](C)[C@H](C)[C@H]2NC(C)=O)C(=O)NCCCCCCO)[C@H](NC(C)=O)[C@@H](C)[C@H]1C. The van der Waals surface area contributed by atoms with Crippen LogP contribution in [0.4, 0.5) is 0 Å². The Kier molecular flexibility index (Phi) is 45.9. The normalized spacial score (nSPS) is 26.1. The number of carbonyl (C=O) groups is 8. The number of hydrogen-bond donors (Lipinski definition) is 9. The van der Waals surface area contributed by atoms with Crippen molar-refractivity contribution in [3.05, 3.63) is 0 Å². The minimum atomic E-state index is -1.09. The first-order valence-electron chi connectivity index (χ1n) is 36.2. The van der Waals surface area contributed by atoms with Crippen molar-refractivity contribution in [3.8, 4) is 0 Å². The molecule has 0 radical (unpaired) electrons. The molecule has 3 heterocycles. The number of carbonyl (C=O) groups excluding carboxylic acids is 8. The third-order valence-corrected chi connectivity index (χ3v) is 18.6. The van der Waals surface area contributed by atoms with Gasteiger partial charge in [0.25, 0.3) is 0 Å². The summed E-state index contributed by atoms with van der Waals surface area (Å²) in [5.41, 5.74) is 0. The lowest BCUT2D eigenvalue weighted by Gasteiger charge is -2.44. The Hall–Kier alpha value is -4.76. The summed E-state index contributed by atoms with van der Waals surface area (Å²) < 4.78 is 70.4. The maximum Gasteiger partial charge on any atom is 0.246 e. The fraction of sp³-hybridized carbons (Fsp3) is 0.884. The van der Waals surface area contributed by atoms with Crippen LogP contribution in [0.5, 0.6) is 0 Å². The van der Waals surface area contributed by atoms with Crippen molar-refractivity contribution < 1.29 is 100 Å². The molecule has 17 atom stereocenters. The van der Waals surface area contributed by atoms with Gasteiger partial charge in [-0.25, -0.2) is 0 Å². The van der Waals surface area contributed by atoms with E-state index in [1.54, 1.807) is 0 Å². The van der Waals surface area contributed by atoms with Crippen molar-refractivity contribution in [1.29, 1.82) is 0 Å². The van der Waals surface area contributed by atoms with Gasteiger partial charge in [-0.05, 0) is 106 Å². The van der Waals surface area contributed by atoms with Crippen molar-refractivity contribution in [2.24, 2.45) is 35.5 Å². The fourth-order valence-electron chi connectivity index (χ4n) is 12.3. The van der Waals surface area contributed by atoms with E-state index in [4.69, 9.17) is 56.8 Å². The van der Waals surface area contributed by atoms with Gasteiger partial charge in [-0.15, -0.1) is 0 Å². The minimum Gasteiger partial charge on any atom is -0.396 e. The average Bonchev–Trinajstić information content (AvgIpc) is 0.827. The van der Waals surface area contributed by atoms with E-state index in [9.17, 15) is 43.5 Å². The molecule has 0 aromatic carbocycles. The summed E-state index contributed by atoms with van der Waals surface area (Å²) in [5.74, 6) is -1.63. The summed E-state index contributed by atoms with van der Waals surface area (Å²) in [7, 11) is 0. The molecule has 0 aliphatic carbocycles. The number of hydrogen-bond acceptors (Lipinski definition) is 21. The van der Waals surface area contributed by atoms with E-state index in [0.717, 1.165) is 32.1 Å². The molecule has 98 heavy (non-hydrogen) atoms. The van der Waals surface area contributed by atoms with Crippen LogP contribution in [0.25, 0.3) is 0 Å². The summed E-state index contributed by atoms with van der Waals surface area (Å²) in [6.07, 6.45) is 5.57. The highest BCUT2D eigenvalue weighted by Crippen LogP contribution is 2.35. The molecule has 29 heteroatoms. The van der Waals surface area contributed by atoms with Crippen molar-refractivity contribution in [2.75, 3.05) is 125 Å². The van der Waals surface area contributed by atoms with E-state index in [2.05, 4.69) is 97.9 Å². The Morgan fingerprint density at radius 2 is 0.684 bits per heavy atom. The molecule has 0 aromatic rings. The molecule has 3 aliphatic rings. The molecular formula is C69H126N8O21. The molecule has 0 saturated carbocycles. The Bertz CT molecular complexity index is 2260. The highest BCUT2D eigenvalue weighted by atomic mass is 16.7. The van der Waals surface area contributed by atoms with E-state index < -0.39 is 55.3 Å². The van der Waals surface area contributed by atoms with Gasteiger partial charge < -0.3 is 104 Å². The second kappa shape index (κ2) is 51.4. The van der Waals surface area contributed by atoms with Crippen LogP contribution in [-0.4, -0.2) is 245 Å². The number of rotatable bonds is 53. The number of unbranched alkanes of at least 4 members (excludes halogenated alkanes) is 5. The molecular weight excluding hydrogens is 1280 g/mol. The number of ether oxygens (including phenoxy) is 12. The molecule has 0 aromatic heterocycles. The third-order valence-electron chi connectivity index (χ3n) is 18.6. The standard InChI is InChI=1S/C69H126N8O21/c1-13-56-45(4)48(7)62(73-51(10)79)67(96-56)93-39-36-87-30-33-90-42-59(82)70-26-21-18-24-54(65(85)72-28-20-16-17-23-29-78)77-66(86)55(76-61(84)44-92-35-32-89-38-41-95-69-64(75-53(12)81)50(9)47(6)58(15-3)98-69)25-19-22-27-71-60(83)43-91-34-31-88-37-40-94-68-63(74-52(11)80)49(8)46(5)57(14-2)97-68/h45-50,54-58,62-64,67-69,78H,13-44H2,1-12H3,(H,70,82)(H,71,83)(H,72,85)(H,73,79)(H,74,80)(H,75,81)(H,76,84)(H,77,86)/t45-,46-,47-,48+,49+,50+,54+,55+,56-,57-,58-,62-,63-,64-,67-,68-,69-/m1/s1. The van der Waals surface area contributed by atoms with Crippen LogP contribution in [0, 0.1) is 35.5 Å². The van der Waals surface area contributed by atoms with Crippen LogP contribution in [0.15, 0.2) is 0 Å². The summed E-state index contributed by atoms with van der Waals surface area (Å²) in [4.78, 5) is 103. The molecule has 0 bridgehead atoms. The van der Waals surface area contributed by atoms with Crippen LogP contribution in [-0.2, 0) is 95.2 Å². The maximum atomic E-state index is 14.2. The van der Waals surface area contributed by atoms with Crippen LogP contribution >= 0.6 is 0 Å². The Labute approximate surface area is 582 Å². The van der Waals surface area contributed by atoms with E-state index in [1.165, 1.54) is 20.8 Å². The van der Waals surface area contributed by atoms with Gasteiger partial charge in [-0.3, -0.25) is 38.4 Å². The molecule has 3 aliphatic heterocycles. The molecule has 0 spiro atoms. The van der Waals surface area contributed by atoms with E-state index in [0.29, 0.717) is 45.1 Å². The topological polar surface area (TPSA) is 364 Å². The van der Waals surface area contributed by atoms with Gasteiger partial charge >= 0.3 is 0 Å². The Morgan fingerprint density at radius 1 is 0.367 bits per heavy atom. The molecule has 3 saturated heterocycles. The zero-order chi connectivity index (χ0) is 72.2. The molecule has 3 rings (SSSR count). The molecule has 568 valence electrons. The van der Waals surface area contributed by atoms with Gasteiger partial charge in [0, 0.05) is 47.0 Å². The second-order valence-corrected chi connectivity index (χ2v) is 26.1. The highest BCUT2D eigenvalue weighted by Gasteiger charge is 2.44. The van der Waals surface area contributed by atoms with E-state index in [-0.39, 0.29) is 227 Å². The van der Waals surface area contributed by atoms with Crippen LogP contribution < -0.4 is 42.5 Å². The van der Waals surface area contributed by atoms with Gasteiger partial charge in [0.1, 0.15) is 31.9 Å². The molecule has 8 amide bonds. The summed E-state index contributed by atoms with van der Waals surface area (Å²) in [6.45, 7) is 25.6. The van der Waals surface area contributed by atoms with Gasteiger partial charge in [-0.2, -0.15) is 0 Å². The Balaban J connectivity index is 1.50. The van der Waals surface area contributed by atoms with Crippen molar-refractivity contribution >= 4 is 47.3 Å². The summed E-state index contributed by atoms with van der Waals surface area (Å²) in [5, 5.41) is 32.3. The number of amides is 8.